The molecule has 1 saturated heterocycles. The Morgan fingerprint density at radius 3 is 2.20 bits per heavy atom. The van der Waals surface area contributed by atoms with Crippen molar-refractivity contribution in [3.05, 3.63) is 77.9 Å². The number of aliphatic hydroxyl groups is 1. The first-order valence-electron chi connectivity index (χ1n) is 9.80. The maximum absolute atomic E-state index is 13.1. The summed E-state index contributed by atoms with van der Waals surface area (Å²) >= 11 is 0. The van der Waals surface area contributed by atoms with Crippen LogP contribution in [0.2, 0.25) is 0 Å². The van der Waals surface area contributed by atoms with Gasteiger partial charge in [-0.1, -0.05) is 54.6 Å². The average Bonchev–Trinajstić information content (AvgIpc) is 2.74. The molecule has 0 spiro atoms. The third-order valence-electron chi connectivity index (χ3n) is 5.75. The molecule has 7 heteroatoms. The summed E-state index contributed by atoms with van der Waals surface area (Å²) in [4.78, 5) is 11.1. The molecule has 3 aromatic rings. The lowest BCUT2D eigenvalue weighted by atomic mass is 9.84. The Bertz CT molecular complexity index is 1180. The van der Waals surface area contributed by atoms with Crippen molar-refractivity contribution in [1.82, 2.24) is 4.31 Å². The summed E-state index contributed by atoms with van der Waals surface area (Å²) in [5, 5.41) is 21.8. The van der Waals surface area contributed by atoms with Gasteiger partial charge in [0.05, 0.1) is 16.9 Å². The summed E-state index contributed by atoms with van der Waals surface area (Å²) in [6.45, 7) is 0.422. The number of rotatable bonds is 5. The van der Waals surface area contributed by atoms with Crippen molar-refractivity contribution in [3.63, 3.8) is 0 Å². The average molecular weight is 426 g/mol. The zero-order valence-corrected chi connectivity index (χ0v) is 17.2. The van der Waals surface area contributed by atoms with Crippen LogP contribution in [-0.4, -0.2) is 42.0 Å². The first-order valence-corrected chi connectivity index (χ1v) is 11.2. The highest BCUT2D eigenvalue weighted by Gasteiger charge is 2.38. The molecule has 0 unspecified atom stereocenters. The van der Waals surface area contributed by atoms with Gasteiger partial charge in [-0.25, -0.2) is 8.42 Å². The van der Waals surface area contributed by atoms with Crippen LogP contribution in [0.25, 0.3) is 10.8 Å². The smallest absolute Gasteiger partial charge is 0.307 e. The SMILES string of the molecule is O=C(O)Cc1ccc(C2(O)CCN(S(=O)(=O)c3ccc4ccccc4c3)CC2)cc1. The molecule has 0 saturated carbocycles. The van der Waals surface area contributed by atoms with Crippen LogP contribution in [0.1, 0.15) is 24.0 Å². The summed E-state index contributed by atoms with van der Waals surface area (Å²) < 4.78 is 27.6. The summed E-state index contributed by atoms with van der Waals surface area (Å²) in [5.41, 5.74) is 0.211. The molecule has 3 aromatic carbocycles. The molecular weight excluding hydrogens is 402 g/mol. The standard InChI is InChI=1S/C23H23NO5S/c25-22(26)15-17-5-8-20(9-6-17)23(27)11-13-24(14-12-23)30(28,29)21-10-7-18-3-1-2-4-19(18)16-21/h1-10,16,27H,11-15H2,(H,25,26). The molecule has 0 atom stereocenters. The number of sulfonamides is 1. The van der Waals surface area contributed by atoms with Crippen LogP contribution >= 0.6 is 0 Å². The molecule has 4 rings (SSSR count). The van der Waals surface area contributed by atoms with E-state index in [1.807, 2.05) is 24.3 Å². The molecule has 0 bridgehead atoms. The lowest BCUT2D eigenvalue weighted by molar-refractivity contribution is -0.136. The van der Waals surface area contributed by atoms with Crippen LogP contribution < -0.4 is 0 Å². The molecule has 0 aliphatic carbocycles. The minimum absolute atomic E-state index is 0.0729. The van der Waals surface area contributed by atoms with E-state index in [0.717, 1.165) is 10.8 Å². The minimum atomic E-state index is -3.65. The predicted octanol–water partition coefficient (Wildman–Crippen LogP) is 3.14. The fourth-order valence-corrected chi connectivity index (χ4v) is 5.45. The number of hydrogen-bond donors (Lipinski definition) is 2. The third kappa shape index (κ3) is 3.96. The van der Waals surface area contributed by atoms with Crippen molar-refractivity contribution in [1.29, 1.82) is 0 Å². The van der Waals surface area contributed by atoms with Crippen molar-refractivity contribution in [2.24, 2.45) is 0 Å². The van der Waals surface area contributed by atoms with E-state index >= 15 is 0 Å². The Kier molecular flexibility index (Phi) is 5.36. The quantitative estimate of drug-likeness (QED) is 0.655. The van der Waals surface area contributed by atoms with E-state index in [-0.39, 0.29) is 37.2 Å². The number of hydrogen-bond acceptors (Lipinski definition) is 4. The monoisotopic (exact) mass is 425 g/mol. The Morgan fingerprint density at radius 2 is 1.57 bits per heavy atom. The van der Waals surface area contributed by atoms with Gasteiger partial charge in [0.25, 0.3) is 0 Å². The topological polar surface area (TPSA) is 94.9 Å². The third-order valence-corrected chi connectivity index (χ3v) is 7.65. The van der Waals surface area contributed by atoms with Crippen molar-refractivity contribution >= 4 is 26.8 Å². The maximum atomic E-state index is 13.1. The van der Waals surface area contributed by atoms with E-state index in [9.17, 15) is 18.3 Å². The number of carbonyl (C=O) groups is 1. The van der Waals surface area contributed by atoms with Gasteiger partial charge in [0.2, 0.25) is 10.0 Å². The lowest BCUT2D eigenvalue weighted by Gasteiger charge is -2.38. The molecule has 2 N–H and O–H groups in total. The van der Waals surface area contributed by atoms with E-state index in [0.29, 0.717) is 11.1 Å². The molecular formula is C23H23NO5S. The predicted molar refractivity (Wildman–Crippen MR) is 114 cm³/mol. The first kappa shape index (κ1) is 20.5. The second-order valence-electron chi connectivity index (χ2n) is 7.71. The van der Waals surface area contributed by atoms with Crippen molar-refractivity contribution in [3.8, 4) is 0 Å². The molecule has 0 aromatic heterocycles. The molecule has 0 amide bonds. The van der Waals surface area contributed by atoms with Gasteiger partial charge in [-0.15, -0.1) is 0 Å². The van der Waals surface area contributed by atoms with Gasteiger partial charge in [0.15, 0.2) is 0 Å². The molecule has 6 nitrogen and oxygen atoms in total. The van der Waals surface area contributed by atoms with Gasteiger partial charge in [0, 0.05) is 13.1 Å². The fourth-order valence-electron chi connectivity index (χ4n) is 3.97. The molecule has 1 fully saturated rings. The van der Waals surface area contributed by atoms with E-state index in [1.165, 1.54) is 4.31 Å². The number of benzene rings is 3. The molecule has 30 heavy (non-hydrogen) atoms. The zero-order valence-electron chi connectivity index (χ0n) is 16.4. The van der Waals surface area contributed by atoms with Gasteiger partial charge in [0.1, 0.15) is 0 Å². The van der Waals surface area contributed by atoms with Crippen molar-refractivity contribution < 1.29 is 23.4 Å². The fraction of sp³-hybridized carbons (Fsp3) is 0.261. The van der Waals surface area contributed by atoms with Gasteiger partial charge < -0.3 is 10.2 Å². The highest BCUT2D eigenvalue weighted by atomic mass is 32.2. The number of aliphatic carboxylic acids is 1. The molecule has 1 aliphatic heterocycles. The van der Waals surface area contributed by atoms with Crippen LogP contribution in [0.15, 0.2) is 71.6 Å². The van der Waals surface area contributed by atoms with Crippen LogP contribution in [0, 0.1) is 0 Å². The Labute approximate surface area is 175 Å². The number of fused-ring (bicyclic) bond motifs is 1. The van der Waals surface area contributed by atoms with Gasteiger partial charge >= 0.3 is 5.97 Å². The van der Waals surface area contributed by atoms with E-state index in [1.54, 1.807) is 42.5 Å². The molecule has 0 radical (unpaired) electrons. The van der Waals surface area contributed by atoms with Gasteiger partial charge in [-0.3, -0.25) is 4.79 Å². The maximum Gasteiger partial charge on any atom is 0.307 e. The van der Waals surface area contributed by atoms with E-state index < -0.39 is 21.6 Å². The molecule has 1 aliphatic rings. The number of carboxylic acid groups (broad SMARTS) is 1. The highest BCUT2D eigenvalue weighted by molar-refractivity contribution is 7.89. The second kappa shape index (κ2) is 7.83. The van der Waals surface area contributed by atoms with Gasteiger partial charge in [-0.05, 0) is 46.9 Å². The Balaban J connectivity index is 1.50. The molecule has 1 heterocycles. The summed E-state index contributed by atoms with van der Waals surface area (Å²) in [6, 6.07) is 19.6. The van der Waals surface area contributed by atoms with E-state index in [4.69, 9.17) is 5.11 Å². The first-order chi connectivity index (χ1) is 14.3. The lowest BCUT2D eigenvalue weighted by Crippen LogP contribution is -2.45. The normalized spacial score (nSPS) is 17.1. The highest BCUT2D eigenvalue weighted by Crippen LogP contribution is 2.35. The minimum Gasteiger partial charge on any atom is -0.481 e. The van der Waals surface area contributed by atoms with Crippen LogP contribution in [-0.2, 0) is 26.8 Å². The van der Waals surface area contributed by atoms with Gasteiger partial charge in [-0.2, -0.15) is 4.31 Å². The summed E-state index contributed by atoms with van der Waals surface area (Å²) in [7, 11) is -3.65. The number of nitrogens with zero attached hydrogens (tertiary/aromatic N) is 1. The largest absolute Gasteiger partial charge is 0.481 e. The Hall–Kier alpha value is -2.74. The van der Waals surface area contributed by atoms with Crippen molar-refractivity contribution in [2.45, 2.75) is 29.8 Å². The van der Waals surface area contributed by atoms with Crippen molar-refractivity contribution in [2.75, 3.05) is 13.1 Å². The van der Waals surface area contributed by atoms with Crippen LogP contribution in [0.4, 0.5) is 0 Å². The van der Waals surface area contributed by atoms with Crippen LogP contribution in [0.5, 0.6) is 0 Å². The number of piperidine rings is 1. The molecule has 156 valence electrons. The van der Waals surface area contributed by atoms with E-state index in [2.05, 4.69) is 0 Å². The van der Waals surface area contributed by atoms with Crippen LogP contribution in [0.3, 0.4) is 0 Å². The second-order valence-corrected chi connectivity index (χ2v) is 9.65. The number of carboxylic acids is 1. The summed E-state index contributed by atoms with van der Waals surface area (Å²) in [6.07, 6.45) is 0.479. The summed E-state index contributed by atoms with van der Waals surface area (Å²) in [5.74, 6) is -0.909. The zero-order chi connectivity index (χ0) is 21.4. The Morgan fingerprint density at radius 1 is 0.933 bits per heavy atom.